The van der Waals surface area contributed by atoms with Gasteiger partial charge in [-0.25, -0.2) is 4.98 Å². The van der Waals surface area contributed by atoms with Gasteiger partial charge in [0, 0.05) is 18.8 Å². The number of hydrogen-bond acceptors (Lipinski definition) is 4. The zero-order valence-corrected chi connectivity index (χ0v) is 10.5. The zero-order chi connectivity index (χ0) is 13.1. The lowest BCUT2D eigenvalue weighted by Crippen LogP contribution is -2.23. The third-order valence-corrected chi connectivity index (χ3v) is 2.47. The van der Waals surface area contributed by atoms with E-state index in [0.717, 1.165) is 5.69 Å². The van der Waals surface area contributed by atoms with Crippen molar-refractivity contribution in [1.29, 1.82) is 0 Å². The highest BCUT2D eigenvalue weighted by Gasteiger charge is 2.08. The predicted molar refractivity (Wildman–Crippen MR) is 68.0 cm³/mol. The fourth-order valence-corrected chi connectivity index (χ4v) is 1.69. The first-order chi connectivity index (χ1) is 8.54. The Morgan fingerprint density at radius 1 is 1.56 bits per heavy atom. The standard InChI is InChI=1S/C11H12ClN5O/c1-17-3-2-8(16-17)6-14-11(18)7-4-9(12)15-10(13)5-7/h2-5H,6H2,1H3,(H2,13,15)(H,14,18). The monoisotopic (exact) mass is 265 g/mol. The molecule has 2 aromatic heterocycles. The van der Waals surface area contributed by atoms with E-state index in [4.69, 9.17) is 17.3 Å². The molecule has 0 saturated carbocycles. The van der Waals surface area contributed by atoms with E-state index >= 15 is 0 Å². The molecule has 0 unspecified atom stereocenters. The van der Waals surface area contributed by atoms with Gasteiger partial charge in [-0.05, 0) is 18.2 Å². The fourth-order valence-electron chi connectivity index (χ4n) is 1.48. The van der Waals surface area contributed by atoms with E-state index < -0.39 is 0 Å². The number of halogens is 1. The third kappa shape index (κ3) is 2.98. The van der Waals surface area contributed by atoms with Gasteiger partial charge in [0.1, 0.15) is 11.0 Å². The molecule has 0 aliphatic heterocycles. The molecule has 7 heteroatoms. The number of nitrogens with one attached hydrogen (secondary N) is 1. The molecule has 1 amide bonds. The summed E-state index contributed by atoms with van der Waals surface area (Å²) in [5, 5.41) is 7.07. The summed E-state index contributed by atoms with van der Waals surface area (Å²) in [7, 11) is 1.81. The van der Waals surface area contributed by atoms with Gasteiger partial charge in [0.05, 0.1) is 12.2 Å². The van der Waals surface area contributed by atoms with Crippen LogP contribution in [0.3, 0.4) is 0 Å². The number of aryl methyl sites for hydroxylation is 1. The SMILES string of the molecule is Cn1ccc(CNC(=O)c2cc(N)nc(Cl)c2)n1. The van der Waals surface area contributed by atoms with Gasteiger partial charge in [-0.1, -0.05) is 11.6 Å². The van der Waals surface area contributed by atoms with Crippen LogP contribution < -0.4 is 11.1 Å². The Labute approximate surface area is 109 Å². The highest BCUT2D eigenvalue weighted by atomic mass is 35.5. The largest absolute Gasteiger partial charge is 0.384 e. The summed E-state index contributed by atoms with van der Waals surface area (Å²) in [6.07, 6.45) is 1.81. The fraction of sp³-hybridized carbons (Fsp3) is 0.182. The van der Waals surface area contributed by atoms with E-state index in [0.29, 0.717) is 12.1 Å². The van der Waals surface area contributed by atoms with Crippen molar-refractivity contribution in [3.05, 3.63) is 40.8 Å². The summed E-state index contributed by atoms with van der Waals surface area (Å²) in [6, 6.07) is 4.76. The van der Waals surface area contributed by atoms with Gasteiger partial charge in [0.2, 0.25) is 0 Å². The Bertz CT molecular complexity index is 560. The second kappa shape index (κ2) is 5.05. The lowest BCUT2D eigenvalue weighted by atomic mass is 10.2. The van der Waals surface area contributed by atoms with Crippen molar-refractivity contribution in [2.24, 2.45) is 7.05 Å². The molecule has 0 aromatic carbocycles. The molecule has 0 atom stereocenters. The van der Waals surface area contributed by atoms with Crippen LogP contribution in [0.1, 0.15) is 16.1 Å². The number of aromatic nitrogens is 3. The highest BCUT2D eigenvalue weighted by molar-refractivity contribution is 6.29. The predicted octanol–water partition coefficient (Wildman–Crippen LogP) is 0.981. The molecule has 0 aliphatic rings. The van der Waals surface area contributed by atoms with Crippen LogP contribution in [-0.2, 0) is 13.6 Å². The molecule has 3 N–H and O–H groups in total. The summed E-state index contributed by atoms with van der Waals surface area (Å²) in [5.74, 6) is -0.0536. The van der Waals surface area contributed by atoms with Crippen molar-refractivity contribution in [3.63, 3.8) is 0 Å². The lowest BCUT2D eigenvalue weighted by Gasteiger charge is -2.04. The van der Waals surface area contributed by atoms with Crippen LogP contribution in [0.5, 0.6) is 0 Å². The van der Waals surface area contributed by atoms with E-state index in [1.165, 1.54) is 12.1 Å². The number of carbonyl (C=O) groups excluding carboxylic acids is 1. The molecule has 94 valence electrons. The number of nitrogen functional groups attached to an aromatic ring is 1. The number of hydrogen-bond donors (Lipinski definition) is 2. The van der Waals surface area contributed by atoms with E-state index in [2.05, 4.69) is 15.4 Å². The number of rotatable bonds is 3. The smallest absolute Gasteiger partial charge is 0.251 e. The van der Waals surface area contributed by atoms with Crippen LogP contribution in [0, 0.1) is 0 Å². The molecule has 2 aromatic rings. The number of anilines is 1. The first-order valence-electron chi connectivity index (χ1n) is 5.24. The number of pyridine rings is 1. The van der Waals surface area contributed by atoms with Gasteiger partial charge >= 0.3 is 0 Å². The van der Waals surface area contributed by atoms with Crippen LogP contribution in [0.25, 0.3) is 0 Å². The molecular formula is C11H12ClN5O. The average molecular weight is 266 g/mol. The first kappa shape index (κ1) is 12.4. The first-order valence-corrected chi connectivity index (χ1v) is 5.62. The van der Waals surface area contributed by atoms with Crippen molar-refractivity contribution in [2.45, 2.75) is 6.54 Å². The molecule has 0 radical (unpaired) electrons. The number of nitrogens with zero attached hydrogens (tertiary/aromatic N) is 3. The second-order valence-corrected chi connectivity index (χ2v) is 4.15. The maximum Gasteiger partial charge on any atom is 0.251 e. The Morgan fingerprint density at radius 2 is 2.33 bits per heavy atom. The van der Waals surface area contributed by atoms with Gasteiger partial charge in [-0.3, -0.25) is 9.48 Å². The topological polar surface area (TPSA) is 85.8 Å². The van der Waals surface area contributed by atoms with Crippen molar-refractivity contribution < 1.29 is 4.79 Å². The number of carbonyl (C=O) groups is 1. The molecule has 0 bridgehead atoms. The Hall–Kier alpha value is -2.08. The quantitative estimate of drug-likeness (QED) is 0.810. The minimum Gasteiger partial charge on any atom is -0.384 e. The molecular weight excluding hydrogens is 254 g/mol. The lowest BCUT2D eigenvalue weighted by molar-refractivity contribution is 0.0950. The van der Waals surface area contributed by atoms with Gasteiger partial charge < -0.3 is 11.1 Å². The average Bonchev–Trinajstić information content (AvgIpc) is 2.70. The molecule has 0 aliphatic carbocycles. The zero-order valence-electron chi connectivity index (χ0n) is 9.72. The maximum absolute atomic E-state index is 11.8. The normalized spacial score (nSPS) is 10.3. The molecule has 0 spiro atoms. The summed E-state index contributed by atoms with van der Waals surface area (Å²) in [6.45, 7) is 0.347. The van der Waals surface area contributed by atoms with Crippen molar-refractivity contribution in [3.8, 4) is 0 Å². The molecule has 0 saturated heterocycles. The van der Waals surface area contributed by atoms with Crippen LogP contribution >= 0.6 is 11.6 Å². The van der Waals surface area contributed by atoms with Crippen molar-refractivity contribution in [1.82, 2.24) is 20.1 Å². The van der Waals surface area contributed by atoms with Crippen molar-refractivity contribution in [2.75, 3.05) is 5.73 Å². The van der Waals surface area contributed by atoms with E-state index in [1.54, 1.807) is 4.68 Å². The third-order valence-electron chi connectivity index (χ3n) is 2.27. The van der Waals surface area contributed by atoms with Gasteiger partial charge in [-0.15, -0.1) is 0 Å². The minimum absolute atomic E-state index is 0.193. The minimum atomic E-state index is -0.267. The highest BCUT2D eigenvalue weighted by Crippen LogP contribution is 2.12. The summed E-state index contributed by atoms with van der Waals surface area (Å²) in [4.78, 5) is 15.6. The van der Waals surface area contributed by atoms with Crippen LogP contribution in [0.2, 0.25) is 5.15 Å². The van der Waals surface area contributed by atoms with Gasteiger partial charge in [-0.2, -0.15) is 5.10 Å². The molecule has 18 heavy (non-hydrogen) atoms. The summed E-state index contributed by atoms with van der Waals surface area (Å²) < 4.78 is 1.67. The number of nitrogens with two attached hydrogens (primary N) is 1. The molecule has 6 nitrogen and oxygen atoms in total. The van der Waals surface area contributed by atoms with E-state index in [9.17, 15) is 4.79 Å². The van der Waals surface area contributed by atoms with Gasteiger partial charge in [0.15, 0.2) is 0 Å². The van der Waals surface area contributed by atoms with Gasteiger partial charge in [0.25, 0.3) is 5.91 Å². The molecule has 2 rings (SSSR count). The van der Waals surface area contributed by atoms with E-state index in [1.807, 2.05) is 19.3 Å². The second-order valence-electron chi connectivity index (χ2n) is 3.77. The molecule has 2 heterocycles. The Kier molecular flexibility index (Phi) is 3.47. The molecule has 0 fully saturated rings. The van der Waals surface area contributed by atoms with Crippen molar-refractivity contribution >= 4 is 23.3 Å². The summed E-state index contributed by atoms with van der Waals surface area (Å²) >= 11 is 5.73. The Balaban J connectivity index is 2.03. The summed E-state index contributed by atoms with van der Waals surface area (Å²) in [5.41, 5.74) is 6.67. The number of amides is 1. The van der Waals surface area contributed by atoms with E-state index in [-0.39, 0.29) is 16.9 Å². The Morgan fingerprint density at radius 3 is 2.94 bits per heavy atom. The van der Waals surface area contributed by atoms with Crippen LogP contribution in [-0.4, -0.2) is 20.7 Å². The maximum atomic E-state index is 11.8. The van der Waals surface area contributed by atoms with Crippen LogP contribution in [0.4, 0.5) is 5.82 Å². The van der Waals surface area contributed by atoms with Crippen LogP contribution in [0.15, 0.2) is 24.4 Å².